The molecular weight excluding hydrogens is 1300 g/mol. The van der Waals surface area contributed by atoms with Gasteiger partial charge in [-0.3, -0.25) is 15.1 Å². The molecule has 10 rings (SSSR count). The Morgan fingerprint density at radius 1 is 0.420 bits per heavy atom. The molecule has 0 bridgehead atoms. The fourth-order valence-electron chi connectivity index (χ4n) is 5.58. The van der Waals surface area contributed by atoms with Crippen molar-refractivity contribution in [2.45, 2.75) is 330 Å². The SMILES string of the molecule is CC.CC.CC.CC.CC.CC.CC.CC.CC.CC.CC(C)C1=CCN=C1.CC(C)c1ccn[nH]1.CC(C)c1cnc[nH]1.CC(C)c1cnc[nH]1.CC(C)c1cnco1.CC(C)c1cncs1.CC(C)c1cocn1.CC(C)c1cscn1.CC(C)c1ncco1.CC(C)c1nccs1. The summed E-state index contributed by atoms with van der Waals surface area (Å²) < 4.78 is 14.7. The first kappa shape index (κ1) is 115. The monoisotopic (exact) mass is 1450 g/mol. The summed E-state index contributed by atoms with van der Waals surface area (Å²) in [4.78, 5) is 43.2. The zero-order chi connectivity index (χ0) is 79.8. The number of aliphatic imine (C=N–C) groups is 1. The lowest BCUT2D eigenvalue weighted by Crippen LogP contribution is -1.90. The van der Waals surface area contributed by atoms with E-state index in [9.17, 15) is 0 Å². The van der Waals surface area contributed by atoms with Gasteiger partial charge >= 0.3 is 0 Å². The Hall–Kier alpha value is -6.44. The number of aromatic amines is 3. The van der Waals surface area contributed by atoms with E-state index >= 15 is 0 Å². The van der Waals surface area contributed by atoms with Crippen molar-refractivity contribution in [3.05, 3.63) is 171 Å². The number of nitrogens with zero attached hydrogens (tertiary/aromatic N) is 10. The smallest absolute Gasteiger partial charge is 0.196 e. The van der Waals surface area contributed by atoms with Crippen LogP contribution in [0.2, 0.25) is 0 Å². The van der Waals surface area contributed by atoms with Gasteiger partial charge in [0.15, 0.2) is 18.7 Å². The average molecular weight is 1460 g/mol. The molecule has 0 aliphatic carbocycles. The summed E-state index contributed by atoms with van der Waals surface area (Å²) in [6.07, 6.45) is 26.4. The van der Waals surface area contributed by atoms with Gasteiger partial charge in [-0.2, -0.15) is 5.10 Å². The summed E-state index contributed by atoms with van der Waals surface area (Å²) in [5, 5.41) is 12.0. The molecule has 16 nitrogen and oxygen atoms in total. The number of thiazole rings is 3. The van der Waals surface area contributed by atoms with Crippen LogP contribution >= 0.6 is 34.0 Å². The zero-order valence-electron chi connectivity index (χ0n) is 71.4. The van der Waals surface area contributed by atoms with Crippen LogP contribution in [0.3, 0.4) is 0 Å². The first-order chi connectivity index (χ1) is 48.0. The maximum atomic E-state index is 4.98. The summed E-state index contributed by atoms with van der Waals surface area (Å²) in [6.45, 7) is 83.4. The minimum absolute atomic E-state index is 0.407. The van der Waals surface area contributed by atoms with Crippen LogP contribution in [0.15, 0.2) is 139 Å². The Morgan fingerprint density at radius 2 is 0.940 bits per heavy atom. The Balaban J connectivity index is -0.000000109. The molecular formula is C81H155N13O3S3. The first-order valence-electron chi connectivity index (χ1n) is 37.5. The van der Waals surface area contributed by atoms with E-state index in [2.05, 4.69) is 201 Å². The number of H-pyrrole nitrogens is 3. The summed E-state index contributed by atoms with van der Waals surface area (Å²) in [5.74, 6) is 7.28. The van der Waals surface area contributed by atoms with Gasteiger partial charge in [-0.25, -0.2) is 34.9 Å². The summed E-state index contributed by atoms with van der Waals surface area (Å²) in [5.41, 5.74) is 10.9. The lowest BCUT2D eigenvalue weighted by Gasteiger charge is -1.98. The fraction of sp³-hybridized carbons (Fsp3) is 0.630. The number of imidazole rings is 2. The molecule has 0 fully saturated rings. The van der Waals surface area contributed by atoms with Crippen LogP contribution in [0.25, 0.3) is 0 Å². The van der Waals surface area contributed by atoms with Crippen molar-refractivity contribution in [2.24, 2.45) is 10.9 Å². The van der Waals surface area contributed by atoms with E-state index in [1.165, 1.54) is 51.0 Å². The highest BCUT2D eigenvalue weighted by molar-refractivity contribution is 7.09. The van der Waals surface area contributed by atoms with E-state index in [1.54, 1.807) is 77.8 Å². The Labute approximate surface area is 628 Å². The lowest BCUT2D eigenvalue weighted by molar-refractivity contribution is 0.471. The molecule has 0 radical (unpaired) electrons. The summed E-state index contributed by atoms with van der Waals surface area (Å²) >= 11 is 5.10. The third-order valence-corrected chi connectivity index (χ3v) is 13.5. The van der Waals surface area contributed by atoms with Crippen LogP contribution in [0.4, 0.5) is 0 Å². The summed E-state index contributed by atoms with van der Waals surface area (Å²) in [6, 6.07) is 1.99. The number of allylic oxidation sites excluding steroid dienone is 1. The highest BCUT2D eigenvalue weighted by atomic mass is 32.1. The Morgan fingerprint density at radius 3 is 1.12 bits per heavy atom. The van der Waals surface area contributed by atoms with Gasteiger partial charge in [-0.15, -0.1) is 34.0 Å². The third-order valence-electron chi connectivity index (χ3n) is 10.8. The molecule has 0 saturated carbocycles. The molecule has 0 saturated heterocycles. The number of hydrogen-bond donors (Lipinski definition) is 3. The standard InChI is InChI=1S/C7H11N.3C6H10N2.3C6H9NO.3C6H9NS.10C2H6/c1-6(2)7-3-4-8-5-7;2*1-5(2)6-3-7-4-8-6;1-5(2)6-3-4-7-8-6;1-5(2)6-3-8-4-7-6;1-5(2)6-3-7-4-8-6;1-5(2)6-7-3-4-8-6;1-5(2)6-3-8-4-7-6;1-5(2)6-3-7-4-8-6;1-5(2)6-7-3-4-8-6;10*1-2/h3,5-6H,4H2,1-2H3;3*3-5H,1-2H3,(H,7,8);6*3-5H,1-2H3;10*1-2H3. The van der Waals surface area contributed by atoms with Crippen molar-refractivity contribution in [3.8, 4) is 0 Å². The van der Waals surface area contributed by atoms with Crippen LogP contribution in [0, 0.1) is 5.92 Å². The van der Waals surface area contributed by atoms with E-state index < -0.39 is 0 Å². The molecule has 580 valence electrons. The zero-order valence-corrected chi connectivity index (χ0v) is 73.9. The number of aromatic nitrogens is 12. The topological polar surface area (TPSA) is 215 Å². The molecule has 0 unspecified atom stereocenters. The van der Waals surface area contributed by atoms with Crippen molar-refractivity contribution >= 4 is 40.2 Å². The molecule has 19 heteroatoms. The van der Waals surface area contributed by atoms with Gasteiger partial charge in [0.25, 0.3) is 0 Å². The molecule has 9 aromatic heterocycles. The van der Waals surface area contributed by atoms with E-state index in [0.717, 1.165) is 23.9 Å². The second-order valence-electron chi connectivity index (χ2n) is 21.1. The Kier molecular flexibility index (Phi) is 102. The van der Waals surface area contributed by atoms with Gasteiger partial charge in [0.2, 0.25) is 0 Å². The molecule has 0 aromatic carbocycles. The Bertz CT molecular complexity index is 2150. The molecule has 10 heterocycles. The van der Waals surface area contributed by atoms with Crippen molar-refractivity contribution in [3.63, 3.8) is 0 Å². The van der Waals surface area contributed by atoms with E-state index in [-0.39, 0.29) is 0 Å². The highest BCUT2D eigenvalue weighted by Crippen LogP contribution is 2.18. The largest absolute Gasteiger partial charge is 0.451 e. The number of rotatable bonds is 10. The first-order valence-corrected chi connectivity index (χ1v) is 40.2. The number of nitrogens with one attached hydrogen (secondary N) is 3. The summed E-state index contributed by atoms with van der Waals surface area (Å²) in [7, 11) is 0. The lowest BCUT2D eigenvalue weighted by atomic mass is 10.1. The van der Waals surface area contributed by atoms with Crippen molar-refractivity contribution in [2.75, 3.05) is 6.54 Å². The molecule has 0 amide bonds. The van der Waals surface area contributed by atoms with Gasteiger partial charge in [0.05, 0.1) is 59.0 Å². The molecule has 1 aliphatic rings. The van der Waals surface area contributed by atoms with Gasteiger partial charge in [-0.1, -0.05) is 283 Å². The minimum atomic E-state index is 0.407. The van der Waals surface area contributed by atoms with Crippen molar-refractivity contribution in [1.29, 1.82) is 0 Å². The van der Waals surface area contributed by atoms with Gasteiger partial charge in [0.1, 0.15) is 18.3 Å². The maximum Gasteiger partial charge on any atom is 0.196 e. The predicted molar refractivity (Wildman–Crippen MR) is 448 cm³/mol. The highest BCUT2D eigenvalue weighted by Gasteiger charge is 2.04. The molecule has 100 heavy (non-hydrogen) atoms. The predicted octanol–water partition coefficient (Wildman–Crippen LogP) is 28.7. The quantitative estimate of drug-likeness (QED) is 0.117. The van der Waals surface area contributed by atoms with Crippen molar-refractivity contribution < 1.29 is 13.3 Å². The fourth-order valence-corrected chi connectivity index (χ4v) is 7.59. The molecule has 9 aromatic rings. The van der Waals surface area contributed by atoms with Crippen LogP contribution in [0.5, 0.6) is 0 Å². The molecule has 3 N–H and O–H groups in total. The number of oxazole rings is 3. The molecule has 0 spiro atoms. The van der Waals surface area contributed by atoms with Crippen molar-refractivity contribution in [1.82, 2.24) is 60.0 Å². The second kappa shape index (κ2) is 88.6. The van der Waals surface area contributed by atoms with Gasteiger partial charge in [0, 0.05) is 87.7 Å². The maximum absolute atomic E-state index is 4.98. The van der Waals surface area contributed by atoms with E-state index in [0.29, 0.717) is 59.2 Å². The van der Waals surface area contributed by atoms with Crippen LogP contribution in [-0.4, -0.2) is 72.8 Å². The number of hydrogen-bond acceptors (Lipinski definition) is 16. The van der Waals surface area contributed by atoms with E-state index in [4.69, 9.17) is 13.3 Å². The van der Waals surface area contributed by atoms with Crippen LogP contribution in [0.1, 0.15) is 380 Å². The molecule has 0 atom stereocenters. The normalized spacial score (nSPS) is 9.48. The minimum Gasteiger partial charge on any atom is -0.451 e. The van der Waals surface area contributed by atoms with Gasteiger partial charge < -0.3 is 23.2 Å². The van der Waals surface area contributed by atoms with Crippen LogP contribution in [-0.2, 0) is 0 Å². The van der Waals surface area contributed by atoms with Gasteiger partial charge in [-0.05, 0) is 53.1 Å². The van der Waals surface area contributed by atoms with Crippen LogP contribution < -0.4 is 0 Å². The van der Waals surface area contributed by atoms with E-state index in [1.807, 2.05) is 206 Å². The average Bonchev–Trinajstić information content (AvgIpc) is 3.90. The second-order valence-corrected chi connectivity index (χ2v) is 23.7. The third kappa shape index (κ3) is 70.0. The molecule has 1 aliphatic heterocycles.